The van der Waals surface area contributed by atoms with E-state index in [1.165, 1.54) is 38.5 Å². The fraction of sp³-hybridized carbons (Fsp3) is 0.111. The number of benzene rings is 4. The highest BCUT2D eigenvalue weighted by Crippen LogP contribution is 2.53. The molecule has 0 amide bonds. The zero-order valence-electron chi connectivity index (χ0n) is 16.4. The maximum atomic E-state index is 6.44. The van der Waals surface area contributed by atoms with Gasteiger partial charge in [-0.15, -0.1) is 0 Å². The third-order valence-electron chi connectivity index (χ3n) is 6.45. The summed E-state index contributed by atoms with van der Waals surface area (Å²) in [7, 11) is 0. The Labute approximate surface area is 175 Å². The highest BCUT2D eigenvalue weighted by atomic mass is 35.5. The van der Waals surface area contributed by atoms with Crippen molar-refractivity contribution in [3.05, 3.63) is 101 Å². The standard InChI is InChI=1S/C27H20ClN/c1-27(2)21-11-7-6-10-19(21)25-22(27)14-15-23-26(25)20-13-12-17(28)16-24(20)29(23)18-8-4-3-5-9-18/h3-16H,1-2H3. The summed E-state index contributed by atoms with van der Waals surface area (Å²) in [5, 5.41) is 3.32. The van der Waals surface area contributed by atoms with Gasteiger partial charge in [0.05, 0.1) is 11.0 Å². The van der Waals surface area contributed by atoms with Gasteiger partial charge in [0.25, 0.3) is 0 Å². The first kappa shape index (κ1) is 16.9. The summed E-state index contributed by atoms with van der Waals surface area (Å²) in [5.74, 6) is 0. The lowest BCUT2D eigenvalue weighted by Gasteiger charge is -2.21. The lowest BCUT2D eigenvalue weighted by molar-refractivity contribution is 0.661. The Morgan fingerprint density at radius 1 is 0.724 bits per heavy atom. The largest absolute Gasteiger partial charge is 0.309 e. The molecular formula is C27H20ClN. The average Bonchev–Trinajstić information content (AvgIpc) is 3.18. The molecule has 2 heteroatoms. The predicted molar refractivity (Wildman–Crippen MR) is 123 cm³/mol. The van der Waals surface area contributed by atoms with Crippen molar-refractivity contribution in [2.75, 3.05) is 0 Å². The smallest absolute Gasteiger partial charge is 0.0556 e. The Morgan fingerprint density at radius 3 is 2.31 bits per heavy atom. The van der Waals surface area contributed by atoms with E-state index in [0.717, 1.165) is 16.2 Å². The molecule has 0 saturated heterocycles. The average molecular weight is 394 g/mol. The van der Waals surface area contributed by atoms with Crippen LogP contribution in [-0.4, -0.2) is 4.57 Å². The molecule has 29 heavy (non-hydrogen) atoms. The minimum Gasteiger partial charge on any atom is -0.309 e. The number of hydrogen-bond donors (Lipinski definition) is 0. The van der Waals surface area contributed by atoms with Gasteiger partial charge >= 0.3 is 0 Å². The van der Waals surface area contributed by atoms with Gasteiger partial charge in [0.15, 0.2) is 0 Å². The van der Waals surface area contributed by atoms with Gasteiger partial charge in [0, 0.05) is 26.9 Å². The third kappa shape index (κ3) is 2.17. The lowest BCUT2D eigenvalue weighted by atomic mass is 9.82. The number of para-hydroxylation sites is 1. The molecule has 6 rings (SSSR count). The Bertz CT molecular complexity index is 1420. The molecule has 0 fully saturated rings. The molecule has 0 saturated carbocycles. The molecule has 4 aromatic carbocycles. The van der Waals surface area contributed by atoms with Crippen molar-refractivity contribution in [3.8, 4) is 16.8 Å². The van der Waals surface area contributed by atoms with E-state index < -0.39 is 0 Å². The molecule has 0 N–H and O–H groups in total. The van der Waals surface area contributed by atoms with Gasteiger partial charge < -0.3 is 4.57 Å². The van der Waals surface area contributed by atoms with Crippen molar-refractivity contribution in [3.63, 3.8) is 0 Å². The zero-order chi connectivity index (χ0) is 19.8. The third-order valence-corrected chi connectivity index (χ3v) is 6.69. The van der Waals surface area contributed by atoms with Gasteiger partial charge in [0.1, 0.15) is 0 Å². The van der Waals surface area contributed by atoms with Crippen molar-refractivity contribution in [2.24, 2.45) is 0 Å². The number of rotatable bonds is 1. The van der Waals surface area contributed by atoms with E-state index in [1.807, 2.05) is 6.07 Å². The first-order chi connectivity index (χ1) is 14.1. The Morgan fingerprint density at radius 2 is 1.48 bits per heavy atom. The van der Waals surface area contributed by atoms with Crippen LogP contribution in [0.15, 0.2) is 84.9 Å². The monoisotopic (exact) mass is 393 g/mol. The van der Waals surface area contributed by atoms with Crippen molar-refractivity contribution >= 4 is 33.4 Å². The normalized spacial score (nSPS) is 14.3. The Balaban J connectivity index is 1.86. The van der Waals surface area contributed by atoms with Crippen LogP contribution in [0.25, 0.3) is 38.6 Å². The van der Waals surface area contributed by atoms with Crippen molar-refractivity contribution in [1.82, 2.24) is 4.57 Å². The van der Waals surface area contributed by atoms with E-state index in [2.05, 4.69) is 97.3 Å². The number of halogens is 1. The number of aromatic nitrogens is 1. The van der Waals surface area contributed by atoms with E-state index in [-0.39, 0.29) is 5.41 Å². The maximum Gasteiger partial charge on any atom is 0.0556 e. The summed E-state index contributed by atoms with van der Waals surface area (Å²) in [6, 6.07) is 30.2. The molecule has 1 aromatic heterocycles. The van der Waals surface area contributed by atoms with Crippen LogP contribution >= 0.6 is 11.6 Å². The van der Waals surface area contributed by atoms with Crippen molar-refractivity contribution in [2.45, 2.75) is 19.3 Å². The number of fused-ring (bicyclic) bond motifs is 7. The molecule has 1 aliphatic carbocycles. The second kappa shape index (κ2) is 5.75. The lowest BCUT2D eigenvalue weighted by Crippen LogP contribution is -2.14. The van der Waals surface area contributed by atoms with Crippen LogP contribution in [0.4, 0.5) is 0 Å². The number of nitrogens with zero attached hydrogens (tertiary/aromatic N) is 1. The molecule has 5 aromatic rings. The summed E-state index contributed by atoms with van der Waals surface area (Å²) >= 11 is 6.44. The molecule has 0 bridgehead atoms. The minimum atomic E-state index is -0.00624. The first-order valence-electron chi connectivity index (χ1n) is 10.00. The summed E-state index contributed by atoms with van der Waals surface area (Å²) in [4.78, 5) is 0. The second-order valence-corrected chi connectivity index (χ2v) is 8.82. The molecule has 1 heterocycles. The summed E-state index contributed by atoms with van der Waals surface area (Å²) in [6.45, 7) is 4.66. The highest BCUT2D eigenvalue weighted by molar-refractivity contribution is 6.32. The molecule has 0 aliphatic heterocycles. The summed E-state index contributed by atoms with van der Waals surface area (Å²) in [6.07, 6.45) is 0. The van der Waals surface area contributed by atoms with Crippen LogP contribution in [0.3, 0.4) is 0 Å². The maximum absolute atomic E-state index is 6.44. The van der Waals surface area contributed by atoms with E-state index in [4.69, 9.17) is 11.6 Å². The van der Waals surface area contributed by atoms with Crippen LogP contribution in [-0.2, 0) is 5.41 Å². The fourth-order valence-electron chi connectivity index (χ4n) is 5.13. The minimum absolute atomic E-state index is 0.00624. The molecule has 1 aliphatic rings. The molecule has 140 valence electrons. The SMILES string of the molecule is CC1(C)c2ccccc2-c2c1ccc1c2c2ccc(Cl)cc2n1-c1ccccc1. The number of hydrogen-bond acceptors (Lipinski definition) is 0. The van der Waals surface area contributed by atoms with Crippen LogP contribution in [0, 0.1) is 0 Å². The van der Waals surface area contributed by atoms with Crippen LogP contribution in [0.5, 0.6) is 0 Å². The topological polar surface area (TPSA) is 4.93 Å². The second-order valence-electron chi connectivity index (χ2n) is 8.39. The van der Waals surface area contributed by atoms with Gasteiger partial charge in [-0.1, -0.05) is 80.0 Å². The Kier molecular flexibility index (Phi) is 3.34. The van der Waals surface area contributed by atoms with Gasteiger partial charge in [-0.2, -0.15) is 0 Å². The molecule has 0 radical (unpaired) electrons. The van der Waals surface area contributed by atoms with Crippen molar-refractivity contribution < 1.29 is 0 Å². The first-order valence-corrected chi connectivity index (χ1v) is 10.4. The van der Waals surface area contributed by atoms with Crippen LogP contribution in [0.1, 0.15) is 25.0 Å². The molecule has 0 atom stereocenters. The molecule has 0 unspecified atom stereocenters. The van der Waals surface area contributed by atoms with Gasteiger partial charge in [-0.05, 0) is 52.6 Å². The van der Waals surface area contributed by atoms with Crippen molar-refractivity contribution in [1.29, 1.82) is 0 Å². The molecular weight excluding hydrogens is 374 g/mol. The van der Waals surface area contributed by atoms with E-state index in [0.29, 0.717) is 0 Å². The van der Waals surface area contributed by atoms with Crippen LogP contribution < -0.4 is 0 Å². The van der Waals surface area contributed by atoms with E-state index in [9.17, 15) is 0 Å². The quantitative estimate of drug-likeness (QED) is 0.274. The fourth-order valence-corrected chi connectivity index (χ4v) is 5.30. The summed E-state index contributed by atoms with van der Waals surface area (Å²) < 4.78 is 2.34. The van der Waals surface area contributed by atoms with Gasteiger partial charge in [-0.25, -0.2) is 0 Å². The molecule has 0 spiro atoms. The van der Waals surface area contributed by atoms with Gasteiger partial charge in [0.2, 0.25) is 0 Å². The van der Waals surface area contributed by atoms with E-state index >= 15 is 0 Å². The Hall–Kier alpha value is -3.03. The van der Waals surface area contributed by atoms with Crippen LogP contribution in [0.2, 0.25) is 5.02 Å². The summed E-state index contributed by atoms with van der Waals surface area (Å²) in [5.41, 5.74) is 9.03. The van der Waals surface area contributed by atoms with Gasteiger partial charge in [-0.3, -0.25) is 0 Å². The molecule has 1 nitrogen and oxygen atoms in total. The highest BCUT2D eigenvalue weighted by Gasteiger charge is 2.37. The van der Waals surface area contributed by atoms with E-state index in [1.54, 1.807) is 0 Å². The zero-order valence-corrected chi connectivity index (χ0v) is 17.2. The predicted octanol–water partition coefficient (Wildman–Crippen LogP) is 7.74.